The fourth-order valence-electron chi connectivity index (χ4n) is 2.10. The first-order valence-electron chi connectivity index (χ1n) is 6.45. The van der Waals surface area contributed by atoms with Gasteiger partial charge in [0.05, 0.1) is 18.2 Å². The maximum Gasteiger partial charge on any atom is 0.416 e. The number of nitrogens with two attached hydrogens (primary N) is 1. The quantitative estimate of drug-likeness (QED) is 0.800. The molecular formula is C13H16F3N3O2. The minimum Gasteiger partial charge on any atom is -0.379 e. The fraction of sp³-hybridized carbons (Fsp3) is 0.462. The van der Waals surface area contributed by atoms with Gasteiger partial charge in [-0.1, -0.05) is 6.07 Å². The van der Waals surface area contributed by atoms with E-state index in [-0.39, 0.29) is 23.8 Å². The molecule has 1 aliphatic rings. The molecule has 1 aliphatic heterocycles. The molecule has 2 amide bonds. The standard InChI is InChI=1S/C13H16F3N3O2/c14-13(15,16)11-5-9(2-1-8(11)6-17)18-12(20)19-10-3-4-21-7-10/h1-2,5,10H,3-4,6-7,17H2,(H2,18,19,20). The molecule has 1 aromatic rings. The van der Waals surface area contributed by atoms with Crippen molar-refractivity contribution in [1.82, 2.24) is 5.32 Å². The smallest absolute Gasteiger partial charge is 0.379 e. The third kappa shape index (κ3) is 4.08. The molecule has 1 saturated heterocycles. The second-order valence-electron chi connectivity index (χ2n) is 4.73. The Bertz CT molecular complexity index is 514. The van der Waals surface area contributed by atoms with Crippen LogP contribution in [0.25, 0.3) is 0 Å². The van der Waals surface area contributed by atoms with Gasteiger partial charge in [0, 0.05) is 18.8 Å². The summed E-state index contributed by atoms with van der Waals surface area (Å²) in [6, 6.07) is 2.86. The molecule has 0 radical (unpaired) electrons. The van der Waals surface area contributed by atoms with Crippen molar-refractivity contribution in [3.8, 4) is 0 Å². The summed E-state index contributed by atoms with van der Waals surface area (Å²) in [6.45, 7) is 0.752. The Hall–Kier alpha value is -1.80. The van der Waals surface area contributed by atoms with E-state index in [1.165, 1.54) is 12.1 Å². The summed E-state index contributed by atoms with van der Waals surface area (Å²) in [7, 11) is 0. The van der Waals surface area contributed by atoms with Crippen LogP contribution < -0.4 is 16.4 Å². The molecule has 21 heavy (non-hydrogen) atoms. The third-order valence-electron chi connectivity index (χ3n) is 3.16. The van der Waals surface area contributed by atoms with E-state index in [1.54, 1.807) is 0 Å². The predicted molar refractivity (Wildman–Crippen MR) is 70.7 cm³/mol. The predicted octanol–water partition coefficient (Wildman–Crippen LogP) is 2.07. The van der Waals surface area contributed by atoms with Crippen molar-refractivity contribution >= 4 is 11.7 Å². The lowest BCUT2D eigenvalue weighted by atomic mass is 10.1. The Morgan fingerprint density at radius 3 is 2.76 bits per heavy atom. The van der Waals surface area contributed by atoms with Crippen molar-refractivity contribution < 1.29 is 22.7 Å². The van der Waals surface area contributed by atoms with Gasteiger partial charge >= 0.3 is 12.2 Å². The molecule has 4 N–H and O–H groups in total. The summed E-state index contributed by atoms with van der Waals surface area (Å²) in [6.07, 6.45) is -3.82. The average molecular weight is 303 g/mol. The molecule has 0 saturated carbocycles. The average Bonchev–Trinajstić information content (AvgIpc) is 2.90. The van der Waals surface area contributed by atoms with E-state index in [0.717, 1.165) is 6.07 Å². The highest BCUT2D eigenvalue weighted by atomic mass is 19.4. The number of carbonyl (C=O) groups excluding carboxylic acids is 1. The zero-order valence-electron chi connectivity index (χ0n) is 11.2. The monoisotopic (exact) mass is 303 g/mol. The van der Waals surface area contributed by atoms with Gasteiger partial charge < -0.3 is 21.1 Å². The number of halogens is 3. The van der Waals surface area contributed by atoms with Gasteiger partial charge in [-0.15, -0.1) is 0 Å². The minimum atomic E-state index is -4.51. The highest BCUT2D eigenvalue weighted by Gasteiger charge is 2.33. The van der Waals surface area contributed by atoms with Gasteiger partial charge in [-0.2, -0.15) is 13.2 Å². The van der Waals surface area contributed by atoms with Crippen molar-refractivity contribution in [3.63, 3.8) is 0 Å². The lowest BCUT2D eigenvalue weighted by molar-refractivity contribution is -0.138. The van der Waals surface area contributed by atoms with E-state index in [1.807, 2.05) is 0 Å². The second kappa shape index (κ2) is 6.31. The number of ether oxygens (including phenoxy) is 1. The number of urea groups is 1. The van der Waals surface area contributed by atoms with Gasteiger partial charge in [0.25, 0.3) is 0 Å². The van der Waals surface area contributed by atoms with Crippen LogP contribution in [0.4, 0.5) is 23.7 Å². The number of alkyl halides is 3. The topological polar surface area (TPSA) is 76.4 Å². The number of hydrogen-bond acceptors (Lipinski definition) is 3. The third-order valence-corrected chi connectivity index (χ3v) is 3.16. The first-order chi connectivity index (χ1) is 9.90. The number of hydrogen-bond donors (Lipinski definition) is 3. The molecular weight excluding hydrogens is 287 g/mol. The molecule has 1 heterocycles. The molecule has 0 bridgehead atoms. The second-order valence-corrected chi connectivity index (χ2v) is 4.73. The molecule has 1 fully saturated rings. The van der Waals surface area contributed by atoms with Crippen LogP contribution >= 0.6 is 0 Å². The van der Waals surface area contributed by atoms with Crippen LogP contribution in [-0.2, 0) is 17.5 Å². The van der Waals surface area contributed by atoms with Gasteiger partial charge in [-0.05, 0) is 24.1 Å². The van der Waals surface area contributed by atoms with Crippen LogP contribution in [0, 0.1) is 0 Å². The van der Waals surface area contributed by atoms with Crippen molar-refractivity contribution in [2.45, 2.75) is 25.2 Å². The molecule has 1 atom stereocenters. The van der Waals surface area contributed by atoms with Crippen molar-refractivity contribution in [3.05, 3.63) is 29.3 Å². The lowest BCUT2D eigenvalue weighted by Crippen LogP contribution is -2.38. The number of rotatable bonds is 3. The SMILES string of the molecule is NCc1ccc(NC(=O)NC2CCOC2)cc1C(F)(F)F. The highest BCUT2D eigenvalue weighted by Crippen LogP contribution is 2.33. The van der Waals surface area contributed by atoms with Gasteiger partial charge in [0.2, 0.25) is 0 Å². The summed E-state index contributed by atoms with van der Waals surface area (Å²) in [5, 5.41) is 5.02. The molecule has 8 heteroatoms. The van der Waals surface area contributed by atoms with Crippen molar-refractivity contribution in [2.75, 3.05) is 18.5 Å². The maximum atomic E-state index is 12.9. The highest BCUT2D eigenvalue weighted by molar-refractivity contribution is 5.89. The van der Waals surface area contributed by atoms with Gasteiger partial charge in [0.15, 0.2) is 0 Å². The van der Waals surface area contributed by atoms with Crippen LogP contribution in [0.3, 0.4) is 0 Å². The molecule has 2 rings (SSSR count). The largest absolute Gasteiger partial charge is 0.416 e. The van der Waals surface area contributed by atoms with Gasteiger partial charge in [-0.25, -0.2) is 4.79 Å². The normalized spacial score (nSPS) is 18.6. The zero-order valence-corrected chi connectivity index (χ0v) is 11.2. The van der Waals surface area contributed by atoms with E-state index in [4.69, 9.17) is 10.5 Å². The summed E-state index contributed by atoms with van der Waals surface area (Å²) >= 11 is 0. The van der Waals surface area contributed by atoms with Crippen LogP contribution in [0.1, 0.15) is 17.5 Å². The molecule has 1 aromatic carbocycles. The van der Waals surface area contributed by atoms with E-state index in [2.05, 4.69) is 10.6 Å². The first-order valence-corrected chi connectivity index (χ1v) is 6.45. The zero-order chi connectivity index (χ0) is 15.5. The Labute approximate surface area is 119 Å². The van der Waals surface area contributed by atoms with E-state index >= 15 is 0 Å². The number of anilines is 1. The van der Waals surface area contributed by atoms with Crippen LogP contribution in [0.2, 0.25) is 0 Å². The molecule has 1 unspecified atom stereocenters. The van der Waals surface area contributed by atoms with Crippen LogP contribution in [-0.4, -0.2) is 25.3 Å². The molecule has 5 nitrogen and oxygen atoms in total. The molecule has 0 aromatic heterocycles. The van der Waals surface area contributed by atoms with E-state index in [9.17, 15) is 18.0 Å². The summed E-state index contributed by atoms with van der Waals surface area (Å²) in [5.41, 5.74) is 4.50. The van der Waals surface area contributed by atoms with Crippen molar-refractivity contribution in [2.24, 2.45) is 5.73 Å². The first kappa shape index (κ1) is 15.6. The summed E-state index contributed by atoms with van der Waals surface area (Å²) < 4.78 is 43.7. The molecule has 0 aliphatic carbocycles. The lowest BCUT2D eigenvalue weighted by Gasteiger charge is -2.15. The number of benzene rings is 1. The summed E-state index contributed by atoms with van der Waals surface area (Å²) in [4.78, 5) is 11.7. The molecule has 0 spiro atoms. The van der Waals surface area contributed by atoms with E-state index in [0.29, 0.717) is 19.6 Å². The maximum absolute atomic E-state index is 12.9. The summed E-state index contributed by atoms with van der Waals surface area (Å²) in [5.74, 6) is 0. The Balaban J connectivity index is 2.07. The Morgan fingerprint density at radius 2 is 2.19 bits per heavy atom. The Morgan fingerprint density at radius 1 is 1.43 bits per heavy atom. The number of nitrogens with one attached hydrogen (secondary N) is 2. The van der Waals surface area contributed by atoms with Gasteiger partial charge in [-0.3, -0.25) is 0 Å². The van der Waals surface area contributed by atoms with Crippen LogP contribution in [0.15, 0.2) is 18.2 Å². The number of amides is 2. The van der Waals surface area contributed by atoms with Crippen molar-refractivity contribution in [1.29, 1.82) is 0 Å². The fourth-order valence-corrected chi connectivity index (χ4v) is 2.10. The van der Waals surface area contributed by atoms with Crippen LogP contribution in [0.5, 0.6) is 0 Å². The minimum absolute atomic E-state index is 0.0161. The van der Waals surface area contributed by atoms with E-state index < -0.39 is 17.8 Å². The Kier molecular flexibility index (Phi) is 4.69. The number of carbonyl (C=O) groups is 1. The van der Waals surface area contributed by atoms with Gasteiger partial charge in [0.1, 0.15) is 0 Å². The molecule has 116 valence electrons.